The summed E-state index contributed by atoms with van der Waals surface area (Å²) < 4.78 is 17.3. The first-order chi connectivity index (χ1) is 12.2. The number of rotatable bonds is 7. The summed E-state index contributed by atoms with van der Waals surface area (Å²) in [6.45, 7) is 5.15. The van der Waals surface area contributed by atoms with E-state index in [9.17, 15) is 4.79 Å². The SMILES string of the molecule is CCCOc1c(-c2cccc3c2CCC3=O)ccc(OCC)c1OC. The third-order valence-corrected chi connectivity index (χ3v) is 4.40. The van der Waals surface area contributed by atoms with Gasteiger partial charge >= 0.3 is 0 Å². The van der Waals surface area contributed by atoms with Gasteiger partial charge in [0, 0.05) is 17.5 Å². The Bertz CT molecular complexity index is 780. The lowest BCUT2D eigenvalue weighted by Crippen LogP contribution is -2.03. The predicted molar refractivity (Wildman–Crippen MR) is 98.0 cm³/mol. The quantitative estimate of drug-likeness (QED) is 0.734. The van der Waals surface area contributed by atoms with Gasteiger partial charge in [0.25, 0.3) is 0 Å². The largest absolute Gasteiger partial charge is 0.490 e. The van der Waals surface area contributed by atoms with Gasteiger partial charge in [-0.15, -0.1) is 0 Å². The van der Waals surface area contributed by atoms with E-state index in [2.05, 4.69) is 6.92 Å². The molecule has 0 bridgehead atoms. The second-order valence-corrected chi connectivity index (χ2v) is 6.01. The summed E-state index contributed by atoms with van der Waals surface area (Å²) in [5.41, 5.74) is 3.91. The van der Waals surface area contributed by atoms with Crippen LogP contribution in [-0.2, 0) is 6.42 Å². The molecule has 0 atom stereocenters. The average Bonchev–Trinajstić information content (AvgIpc) is 3.01. The van der Waals surface area contributed by atoms with Gasteiger partial charge in [0.1, 0.15) is 0 Å². The molecule has 0 amide bonds. The molecule has 0 N–H and O–H groups in total. The lowest BCUT2D eigenvalue weighted by molar-refractivity contribution is 0.0994. The van der Waals surface area contributed by atoms with Crippen molar-refractivity contribution in [1.29, 1.82) is 0 Å². The number of benzene rings is 2. The minimum atomic E-state index is 0.214. The second-order valence-electron chi connectivity index (χ2n) is 6.01. The van der Waals surface area contributed by atoms with Gasteiger partial charge < -0.3 is 14.2 Å². The zero-order valence-corrected chi connectivity index (χ0v) is 15.1. The molecular formula is C21H24O4. The molecule has 132 valence electrons. The number of carbonyl (C=O) groups excluding carboxylic acids is 1. The third-order valence-electron chi connectivity index (χ3n) is 4.40. The van der Waals surface area contributed by atoms with Crippen molar-refractivity contribution < 1.29 is 19.0 Å². The van der Waals surface area contributed by atoms with Crippen LogP contribution in [0.25, 0.3) is 11.1 Å². The predicted octanol–water partition coefficient (Wildman–Crippen LogP) is 4.68. The molecule has 1 aliphatic carbocycles. The Balaban J connectivity index is 2.18. The molecule has 4 heteroatoms. The number of Topliss-reactive ketones (excluding diaryl/α,β-unsaturated/α-hetero) is 1. The number of hydrogen-bond acceptors (Lipinski definition) is 4. The molecule has 0 aromatic heterocycles. The summed E-state index contributed by atoms with van der Waals surface area (Å²) in [6.07, 6.45) is 2.24. The first-order valence-electron chi connectivity index (χ1n) is 8.83. The molecule has 2 aromatic rings. The van der Waals surface area contributed by atoms with Crippen LogP contribution >= 0.6 is 0 Å². The average molecular weight is 340 g/mol. The van der Waals surface area contributed by atoms with Crippen LogP contribution in [0.2, 0.25) is 0 Å². The Morgan fingerprint density at radius 2 is 1.72 bits per heavy atom. The molecule has 0 aliphatic heterocycles. The van der Waals surface area contributed by atoms with Crippen LogP contribution in [0.5, 0.6) is 17.2 Å². The van der Waals surface area contributed by atoms with Crippen LogP contribution in [0.3, 0.4) is 0 Å². The highest BCUT2D eigenvalue weighted by atomic mass is 16.5. The fourth-order valence-corrected chi connectivity index (χ4v) is 3.31. The summed E-state index contributed by atoms with van der Waals surface area (Å²) in [4.78, 5) is 12.1. The van der Waals surface area contributed by atoms with E-state index in [0.29, 0.717) is 36.9 Å². The van der Waals surface area contributed by atoms with E-state index in [1.54, 1.807) is 7.11 Å². The van der Waals surface area contributed by atoms with Crippen LogP contribution in [0.4, 0.5) is 0 Å². The van der Waals surface area contributed by atoms with Crippen molar-refractivity contribution in [3.05, 3.63) is 41.5 Å². The maximum atomic E-state index is 12.1. The molecule has 2 aromatic carbocycles. The smallest absolute Gasteiger partial charge is 0.203 e. The molecule has 0 unspecified atom stereocenters. The maximum absolute atomic E-state index is 12.1. The van der Waals surface area contributed by atoms with Gasteiger partial charge in [-0.25, -0.2) is 0 Å². The molecule has 0 saturated heterocycles. The number of ether oxygens (including phenoxy) is 3. The molecule has 25 heavy (non-hydrogen) atoms. The zero-order chi connectivity index (χ0) is 17.8. The van der Waals surface area contributed by atoms with E-state index < -0.39 is 0 Å². The molecule has 0 fully saturated rings. The van der Waals surface area contributed by atoms with Gasteiger partial charge in [0.2, 0.25) is 5.75 Å². The van der Waals surface area contributed by atoms with Gasteiger partial charge in [-0.2, -0.15) is 0 Å². The topological polar surface area (TPSA) is 44.8 Å². The first kappa shape index (κ1) is 17.3. The van der Waals surface area contributed by atoms with E-state index in [1.165, 1.54) is 0 Å². The van der Waals surface area contributed by atoms with Crippen LogP contribution in [-0.4, -0.2) is 26.1 Å². The lowest BCUT2D eigenvalue weighted by atomic mass is 9.95. The summed E-state index contributed by atoms with van der Waals surface area (Å²) in [7, 11) is 1.62. The number of ketones is 1. The Hall–Kier alpha value is -2.49. The molecule has 0 heterocycles. The molecular weight excluding hydrogens is 316 g/mol. The fraction of sp³-hybridized carbons (Fsp3) is 0.381. The molecule has 3 rings (SSSR count). The highest BCUT2D eigenvalue weighted by Crippen LogP contribution is 2.46. The van der Waals surface area contributed by atoms with E-state index in [-0.39, 0.29) is 5.78 Å². The normalized spacial score (nSPS) is 12.8. The fourth-order valence-electron chi connectivity index (χ4n) is 3.31. The van der Waals surface area contributed by atoms with Crippen molar-refractivity contribution in [1.82, 2.24) is 0 Å². The van der Waals surface area contributed by atoms with Gasteiger partial charge in [0.05, 0.1) is 20.3 Å². The van der Waals surface area contributed by atoms with Crippen LogP contribution in [0, 0.1) is 0 Å². The minimum Gasteiger partial charge on any atom is -0.490 e. The third kappa shape index (κ3) is 3.21. The van der Waals surface area contributed by atoms with Gasteiger partial charge in [-0.3, -0.25) is 4.79 Å². The second kappa shape index (κ2) is 7.60. The Kier molecular flexibility index (Phi) is 5.27. The van der Waals surface area contributed by atoms with E-state index >= 15 is 0 Å². The molecule has 1 aliphatic rings. The van der Waals surface area contributed by atoms with Gasteiger partial charge in [0.15, 0.2) is 17.3 Å². The van der Waals surface area contributed by atoms with Crippen LogP contribution in [0.1, 0.15) is 42.6 Å². The van der Waals surface area contributed by atoms with E-state index in [1.807, 2.05) is 37.3 Å². The Morgan fingerprint density at radius 3 is 2.44 bits per heavy atom. The standard InChI is InChI=1S/C21H24O4/c1-4-13-25-20-17(10-12-19(24-5-2)21(20)23-3)14-7-6-8-16-15(14)9-11-18(16)22/h6-8,10,12H,4-5,9,11,13H2,1-3H3. The number of fused-ring (bicyclic) bond motifs is 1. The van der Waals surface area contributed by atoms with Crippen molar-refractivity contribution in [2.45, 2.75) is 33.1 Å². The summed E-state index contributed by atoms with van der Waals surface area (Å²) in [6, 6.07) is 9.80. The Labute approximate surface area is 148 Å². The van der Waals surface area contributed by atoms with Crippen molar-refractivity contribution in [2.24, 2.45) is 0 Å². The summed E-state index contributed by atoms with van der Waals surface area (Å²) in [5, 5.41) is 0. The molecule has 0 radical (unpaired) electrons. The first-order valence-corrected chi connectivity index (χ1v) is 8.83. The number of hydrogen-bond donors (Lipinski definition) is 0. The van der Waals surface area contributed by atoms with E-state index in [4.69, 9.17) is 14.2 Å². The van der Waals surface area contributed by atoms with Gasteiger partial charge in [-0.05, 0) is 43.0 Å². The number of carbonyl (C=O) groups is 1. The van der Waals surface area contributed by atoms with Crippen LogP contribution in [0.15, 0.2) is 30.3 Å². The summed E-state index contributed by atoms with van der Waals surface area (Å²) in [5.74, 6) is 2.17. The van der Waals surface area contributed by atoms with Crippen molar-refractivity contribution in [3.63, 3.8) is 0 Å². The zero-order valence-electron chi connectivity index (χ0n) is 15.1. The summed E-state index contributed by atoms with van der Waals surface area (Å²) >= 11 is 0. The maximum Gasteiger partial charge on any atom is 0.203 e. The van der Waals surface area contributed by atoms with Crippen molar-refractivity contribution in [3.8, 4) is 28.4 Å². The molecule has 4 nitrogen and oxygen atoms in total. The Morgan fingerprint density at radius 1 is 0.920 bits per heavy atom. The van der Waals surface area contributed by atoms with Crippen LogP contribution < -0.4 is 14.2 Å². The monoisotopic (exact) mass is 340 g/mol. The lowest BCUT2D eigenvalue weighted by Gasteiger charge is -2.19. The molecule has 0 saturated carbocycles. The van der Waals surface area contributed by atoms with E-state index in [0.717, 1.165) is 35.1 Å². The number of methoxy groups -OCH3 is 1. The van der Waals surface area contributed by atoms with Crippen molar-refractivity contribution >= 4 is 5.78 Å². The van der Waals surface area contributed by atoms with Crippen molar-refractivity contribution in [2.75, 3.05) is 20.3 Å². The molecule has 0 spiro atoms. The highest BCUT2D eigenvalue weighted by molar-refractivity contribution is 6.02. The minimum absolute atomic E-state index is 0.214. The van der Waals surface area contributed by atoms with Gasteiger partial charge in [-0.1, -0.05) is 25.1 Å². The highest BCUT2D eigenvalue weighted by Gasteiger charge is 2.25.